The maximum atomic E-state index is 12.6. The van der Waals surface area contributed by atoms with Gasteiger partial charge in [-0.25, -0.2) is 0 Å². The van der Waals surface area contributed by atoms with Crippen LogP contribution in [0.2, 0.25) is 10.0 Å². The van der Waals surface area contributed by atoms with E-state index in [1.54, 1.807) is 23.1 Å². The lowest BCUT2D eigenvalue weighted by molar-refractivity contribution is -0.123. The molecule has 1 aliphatic heterocycles. The number of amides is 1. The van der Waals surface area contributed by atoms with Crippen LogP contribution in [0.25, 0.3) is 6.08 Å². The molecule has 1 aliphatic rings. The summed E-state index contributed by atoms with van der Waals surface area (Å²) in [4.78, 5) is 19.4. The molecule has 23 heavy (non-hydrogen) atoms. The predicted octanol–water partition coefficient (Wildman–Crippen LogP) is 4.79. The molecule has 1 fully saturated rings. The highest BCUT2D eigenvalue weighted by Gasteiger charge is 2.35. The Hall–Kier alpha value is -1.17. The van der Waals surface area contributed by atoms with Crippen LogP contribution in [0.3, 0.4) is 0 Å². The Kier molecular flexibility index (Phi) is 5.65. The van der Waals surface area contributed by atoms with Crippen LogP contribution in [0.15, 0.2) is 22.0 Å². The Morgan fingerprint density at radius 2 is 1.78 bits per heavy atom. The smallest absolute Gasteiger partial charge is 0.266 e. The molecule has 1 aromatic carbocycles. The molecular formula is C16H18Cl2N2O2S. The Balaban J connectivity index is 2.42. The lowest BCUT2D eigenvalue weighted by Gasteiger charge is -2.20. The molecule has 1 heterocycles. The van der Waals surface area contributed by atoms with Gasteiger partial charge in [0.2, 0.25) is 0 Å². The van der Waals surface area contributed by atoms with E-state index in [9.17, 15) is 9.90 Å². The van der Waals surface area contributed by atoms with Gasteiger partial charge in [0.05, 0.1) is 15.0 Å². The largest absolute Gasteiger partial charge is 0.505 e. The summed E-state index contributed by atoms with van der Waals surface area (Å²) in [6, 6.07) is 3.26. The monoisotopic (exact) mass is 372 g/mol. The quantitative estimate of drug-likeness (QED) is 0.776. The van der Waals surface area contributed by atoms with Crippen LogP contribution in [-0.2, 0) is 4.79 Å². The van der Waals surface area contributed by atoms with Gasteiger partial charge in [-0.05, 0) is 63.2 Å². The minimum atomic E-state index is -0.160. The molecule has 1 aromatic rings. The van der Waals surface area contributed by atoms with Gasteiger partial charge in [-0.3, -0.25) is 14.7 Å². The van der Waals surface area contributed by atoms with Gasteiger partial charge < -0.3 is 5.11 Å². The van der Waals surface area contributed by atoms with E-state index in [-0.39, 0.29) is 33.8 Å². The van der Waals surface area contributed by atoms with E-state index < -0.39 is 0 Å². The lowest BCUT2D eigenvalue weighted by Crippen LogP contribution is -2.35. The van der Waals surface area contributed by atoms with Crippen molar-refractivity contribution in [2.45, 2.75) is 39.8 Å². The third-order valence-corrected chi connectivity index (χ3v) is 4.63. The molecule has 4 nitrogen and oxygen atoms in total. The second-order valence-corrected chi connectivity index (χ2v) is 7.54. The van der Waals surface area contributed by atoms with Crippen LogP contribution < -0.4 is 0 Å². The highest BCUT2D eigenvalue weighted by molar-refractivity contribution is 8.18. The summed E-state index contributed by atoms with van der Waals surface area (Å²) in [5.41, 5.74) is 0.656. The number of carbonyl (C=O) groups excluding carboxylic acids is 1. The van der Waals surface area contributed by atoms with E-state index in [2.05, 4.69) is 4.99 Å². The number of benzene rings is 1. The maximum Gasteiger partial charge on any atom is 0.266 e. The fourth-order valence-corrected chi connectivity index (χ4v) is 3.81. The van der Waals surface area contributed by atoms with Crippen LogP contribution >= 0.6 is 35.0 Å². The molecule has 0 unspecified atom stereocenters. The van der Waals surface area contributed by atoms with Crippen molar-refractivity contribution in [1.29, 1.82) is 0 Å². The van der Waals surface area contributed by atoms with Crippen LogP contribution in [0.1, 0.15) is 33.3 Å². The molecule has 124 valence electrons. The fourth-order valence-electron chi connectivity index (χ4n) is 2.07. The molecule has 7 heteroatoms. The van der Waals surface area contributed by atoms with E-state index in [4.69, 9.17) is 23.2 Å². The Morgan fingerprint density at radius 1 is 1.22 bits per heavy atom. The van der Waals surface area contributed by atoms with Crippen LogP contribution in [-0.4, -0.2) is 33.2 Å². The highest BCUT2D eigenvalue weighted by atomic mass is 35.5. The predicted molar refractivity (Wildman–Crippen MR) is 98.2 cm³/mol. The van der Waals surface area contributed by atoms with Crippen molar-refractivity contribution in [3.8, 4) is 5.75 Å². The van der Waals surface area contributed by atoms with Crippen molar-refractivity contribution < 1.29 is 9.90 Å². The molecule has 1 N–H and O–H groups in total. The average molecular weight is 373 g/mol. The number of amidine groups is 1. The minimum Gasteiger partial charge on any atom is -0.505 e. The van der Waals surface area contributed by atoms with E-state index in [1.165, 1.54) is 11.8 Å². The number of halogens is 2. The number of phenolic OH excluding ortho intramolecular Hbond substituents is 1. The zero-order valence-electron chi connectivity index (χ0n) is 13.3. The molecule has 0 saturated carbocycles. The van der Waals surface area contributed by atoms with Crippen molar-refractivity contribution >= 4 is 52.1 Å². The summed E-state index contributed by atoms with van der Waals surface area (Å²) in [6.45, 7) is 7.84. The van der Waals surface area contributed by atoms with Gasteiger partial charge in [0.15, 0.2) is 10.9 Å². The molecular weight excluding hydrogens is 355 g/mol. The summed E-state index contributed by atoms with van der Waals surface area (Å²) in [5, 5.41) is 10.6. The van der Waals surface area contributed by atoms with E-state index >= 15 is 0 Å². The molecule has 0 aliphatic carbocycles. The molecule has 0 spiro atoms. The highest BCUT2D eigenvalue weighted by Crippen LogP contribution is 2.37. The lowest BCUT2D eigenvalue weighted by atomic mass is 10.2. The number of aromatic hydroxyl groups is 1. The standard InChI is InChI=1S/C16H18Cl2N2O2S/c1-8(2)19-16-20(9(3)4)15(22)13(23-16)7-10-5-11(17)14(21)12(18)6-10/h5-9,21H,1-4H3/b13-7+,19-16?. The summed E-state index contributed by atoms with van der Waals surface area (Å²) in [6.07, 6.45) is 1.71. The van der Waals surface area contributed by atoms with Crippen LogP contribution in [0.4, 0.5) is 0 Å². The third-order valence-electron chi connectivity index (χ3n) is 3.06. The summed E-state index contributed by atoms with van der Waals surface area (Å²) in [7, 11) is 0. The van der Waals surface area contributed by atoms with Crippen molar-refractivity contribution in [1.82, 2.24) is 4.90 Å². The second kappa shape index (κ2) is 7.16. The van der Waals surface area contributed by atoms with Gasteiger partial charge in [0.25, 0.3) is 5.91 Å². The summed E-state index contributed by atoms with van der Waals surface area (Å²) >= 11 is 13.2. The molecule has 0 aromatic heterocycles. The molecule has 0 bridgehead atoms. The summed E-state index contributed by atoms with van der Waals surface area (Å²) in [5.74, 6) is -0.253. The number of thioether (sulfide) groups is 1. The molecule has 1 amide bonds. The number of nitrogens with zero attached hydrogens (tertiary/aromatic N) is 2. The first-order valence-electron chi connectivity index (χ1n) is 7.19. The molecule has 1 saturated heterocycles. The molecule has 0 atom stereocenters. The van der Waals surface area contributed by atoms with Gasteiger partial charge in [-0.2, -0.15) is 0 Å². The van der Waals surface area contributed by atoms with Crippen molar-refractivity contribution in [2.75, 3.05) is 0 Å². The normalized spacial score (nSPS) is 19.0. The Bertz CT molecular complexity index is 676. The van der Waals surface area contributed by atoms with Crippen molar-refractivity contribution in [3.63, 3.8) is 0 Å². The number of phenols is 1. The van der Waals surface area contributed by atoms with Gasteiger partial charge in [-0.1, -0.05) is 23.2 Å². The number of aliphatic imine (C=N–C) groups is 1. The molecule has 0 radical (unpaired) electrons. The van der Waals surface area contributed by atoms with Gasteiger partial charge >= 0.3 is 0 Å². The minimum absolute atomic E-state index is 0.0189. The van der Waals surface area contributed by atoms with E-state index in [0.717, 1.165) is 0 Å². The van der Waals surface area contributed by atoms with Gasteiger partial charge in [0.1, 0.15) is 0 Å². The number of hydrogen-bond donors (Lipinski definition) is 1. The molecule has 2 rings (SSSR count). The second-order valence-electron chi connectivity index (χ2n) is 5.72. The van der Waals surface area contributed by atoms with Crippen LogP contribution in [0.5, 0.6) is 5.75 Å². The van der Waals surface area contributed by atoms with Crippen LogP contribution in [0, 0.1) is 0 Å². The number of carbonyl (C=O) groups is 1. The number of rotatable bonds is 3. The van der Waals surface area contributed by atoms with E-state index in [0.29, 0.717) is 15.6 Å². The first-order chi connectivity index (χ1) is 10.7. The van der Waals surface area contributed by atoms with Gasteiger partial charge in [0, 0.05) is 12.1 Å². The van der Waals surface area contributed by atoms with Crippen molar-refractivity contribution in [2.24, 2.45) is 4.99 Å². The maximum absolute atomic E-state index is 12.6. The average Bonchev–Trinajstić information content (AvgIpc) is 2.71. The zero-order chi connectivity index (χ0) is 17.3. The third kappa shape index (κ3) is 4.03. The Labute approximate surface area is 150 Å². The zero-order valence-corrected chi connectivity index (χ0v) is 15.6. The Morgan fingerprint density at radius 3 is 2.26 bits per heavy atom. The first-order valence-corrected chi connectivity index (χ1v) is 8.77. The van der Waals surface area contributed by atoms with Gasteiger partial charge in [-0.15, -0.1) is 0 Å². The summed E-state index contributed by atoms with van der Waals surface area (Å²) < 4.78 is 0. The van der Waals surface area contributed by atoms with E-state index in [1.807, 2.05) is 27.7 Å². The SMILES string of the molecule is CC(C)N=C1S/C(=C/c2cc(Cl)c(O)c(Cl)c2)C(=O)N1C(C)C. The number of hydrogen-bond acceptors (Lipinski definition) is 4. The van der Waals surface area contributed by atoms with Crippen molar-refractivity contribution in [3.05, 3.63) is 32.6 Å². The first kappa shape index (κ1) is 18.2. The fraction of sp³-hybridized carbons (Fsp3) is 0.375. The topological polar surface area (TPSA) is 52.9 Å².